The van der Waals surface area contributed by atoms with E-state index in [1.54, 1.807) is 6.20 Å². The number of rotatable bonds is 3. The van der Waals surface area contributed by atoms with Crippen molar-refractivity contribution in [3.05, 3.63) is 59.3 Å². The fraction of sp³-hybridized carbons (Fsp3) is 0.214. The summed E-state index contributed by atoms with van der Waals surface area (Å²) in [6.45, 7) is 2.08. The van der Waals surface area contributed by atoms with Crippen LogP contribution in [-0.2, 0) is 6.42 Å². The second kappa shape index (κ2) is 4.97. The Kier molecular flexibility index (Phi) is 3.40. The van der Waals surface area contributed by atoms with Crippen molar-refractivity contribution in [3.63, 3.8) is 0 Å². The van der Waals surface area contributed by atoms with Crippen molar-refractivity contribution in [2.45, 2.75) is 19.4 Å². The van der Waals surface area contributed by atoms with Gasteiger partial charge in [0.15, 0.2) is 0 Å². The van der Waals surface area contributed by atoms with Crippen LogP contribution in [0.15, 0.2) is 42.6 Å². The first-order valence-electron chi connectivity index (χ1n) is 5.68. The van der Waals surface area contributed by atoms with E-state index in [2.05, 4.69) is 30.1 Å². The Hall–Kier alpha value is -1.87. The van der Waals surface area contributed by atoms with E-state index in [1.165, 1.54) is 11.1 Å². The normalized spacial score (nSPS) is 12.4. The van der Waals surface area contributed by atoms with E-state index in [0.29, 0.717) is 5.82 Å². The van der Waals surface area contributed by atoms with Crippen molar-refractivity contribution in [2.24, 2.45) is 5.73 Å². The van der Waals surface area contributed by atoms with Crippen LogP contribution in [0.3, 0.4) is 0 Å². The topological polar surface area (TPSA) is 64.9 Å². The molecule has 0 saturated heterocycles. The van der Waals surface area contributed by atoms with E-state index in [0.717, 1.165) is 12.0 Å². The maximum atomic E-state index is 6.16. The lowest BCUT2D eigenvalue weighted by molar-refractivity contribution is 0.721. The number of aromatic nitrogens is 1. The highest BCUT2D eigenvalue weighted by atomic mass is 14.8. The van der Waals surface area contributed by atoms with Gasteiger partial charge in [0, 0.05) is 17.8 Å². The lowest BCUT2D eigenvalue weighted by Crippen LogP contribution is -2.15. The summed E-state index contributed by atoms with van der Waals surface area (Å²) in [7, 11) is 0. The van der Waals surface area contributed by atoms with E-state index in [1.807, 2.05) is 18.2 Å². The molecule has 3 heteroatoms. The summed E-state index contributed by atoms with van der Waals surface area (Å²) >= 11 is 0. The van der Waals surface area contributed by atoms with Crippen LogP contribution < -0.4 is 11.5 Å². The predicted octanol–water partition coefficient (Wildman–Crippen LogP) is 2.21. The second-order valence-corrected chi connectivity index (χ2v) is 4.28. The minimum atomic E-state index is -0.106. The number of aryl methyl sites for hydroxylation is 1. The van der Waals surface area contributed by atoms with E-state index in [9.17, 15) is 0 Å². The van der Waals surface area contributed by atoms with Gasteiger partial charge in [0.25, 0.3) is 0 Å². The summed E-state index contributed by atoms with van der Waals surface area (Å²) in [4.78, 5) is 4.06. The SMILES string of the molecule is Cc1cccc(CC(N)c2cccnc2N)c1. The minimum Gasteiger partial charge on any atom is -0.383 e. The zero-order valence-electron chi connectivity index (χ0n) is 9.93. The molecule has 0 aliphatic heterocycles. The summed E-state index contributed by atoms with van der Waals surface area (Å²) < 4.78 is 0. The van der Waals surface area contributed by atoms with Gasteiger partial charge in [-0.1, -0.05) is 35.9 Å². The third-order valence-electron chi connectivity index (χ3n) is 2.81. The lowest BCUT2D eigenvalue weighted by atomic mass is 9.99. The molecule has 1 aromatic carbocycles. The Bertz CT molecular complexity index is 508. The number of pyridine rings is 1. The molecule has 0 fully saturated rings. The van der Waals surface area contributed by atoms with E-state index >= 15 is 0 Å². The molecule has 0 saturated carbocycles. The number of hydrogen-bond donors (Lipinski definition) is 2. The average Bonchev–Trinajstić information content (AvgIpc) is 2.29. The fourth-order valence-electron chi connectivity index (χ4n) is 1.95. The molecule has 88 valence electrons. The van der Waals surface area contributed by atoms with Crippen LogP contribution in [0, 0.1) is 6.92 Å². The first-order chi connectivity index (χ1) is 8.16. The van der Waals surface area contributed by atoms with Gasteiger partial charge in [-0.3, -0.25) is 0 Å². The Morgan fingerprint density at radius 3 is 2.76 bits per heavy atom. The molecular formula is C14H17N3. The number of nitrogens with zero attached hydrogens (tertiary/aromatic N) is 1. The van der Waals surface area contributed by atoms with E-state index in [4.69, 9.17) is 11.5 Å². The van der Waals surface area contributed by atoms with Crippen molar-refractivity contribution in [2.75, 3.05) is 5.73 Å². The first kappa shape index (κ1) is 11.6. The van der Waals surface area contributed by atoms with Crippen molar-refractivity contribution < 1.29 is 0 Å². The third kappa shape index (κ3) is 2.82. The molecule has 1 heterocycles. The summed E-state index contributed by atoms with van der Waals surface area (Å²) in [5, 5.41) is 0. The van der Waals surface area contributed by atoms with Crippen LogP contribution in [0.2, 0.25) is 0 Å². The molecule has 0 amide bonds. The van der Waals surface area contributed by atoms with Gasteiger partial charge in [-0.05, 0) is 25.0 Å². The lowest BCUT2D eigenvalue weighted by Gasteiger charge is -2.13. The molecular weight excluding hydrogens is 210 g/mol. The summed E-state index contributed by atoms with van der Waals surface area (Å²) in [6.07, 6.45) is 2.45. The smallest absolute Gasteiger partial charge is 0.128 e. The van der Waals surface area contributed by atoms with Crippen LogP contribution in [0.1, 0.15) is 22.7 Å². The van der Waals surface area contributed by atoms with E-state index in [-0.39, 0.29) is 6.04 Å². The molecule has 3 nitrogen and oxygen atoms in total. The zero-order valence-corrected chi connectivity index (χ0v) is 9.93. The number of anilines is 1. The monoisotopic (exact) mass is 227 g/mol. The average molecular weight is 227 g/mol. The second-order valence-electron chi connectivity index (χ2n) is 4.28. The summed E-state index contributed by atoms with van der Waals surface area (Å²) in [5.41, 5.74) is 15.4. The maximum Gasteiger partial charge on any atom is 0.128 e. The molecule has 2 aromatic rings. The molecule has 1 atom stereocenters. The van der Waals surface area contributed by atoms with Gasteiger partial charge >= 0.3 is 0 Å². The van der Waals surface area contributed by atoms with Gasteiger partial charge in [0.2, 0.25) is 0 Å². The van der Waals surface area contributed by atoms with E-state index < -0.39 is 0 Å². The minimum absolute atomic E-state index is 0.106. The molecule has 0 spiro atoms. The molecule has 0 bridgehead atoms. The van der Waals surface area contributed by atoms with Crippen molar-refractivity contribution in [1.29, 1.82) is 0 Å². The van der Waals surface area contributed by atoms with Gasteiger partial charge in [-0.25, -0.2) is 4.98 Å². The first-order valence-corrected chi connectivity index (χ1v) is 5.68. The third-order valence-corrected chi connectivity index (χ3v) is 2.81. The molecule has 4 N–H and O–H groups in total. The Balaban J connectivity index is 2.17. The van der Waals surface area contributed by atoms with Gasteiger partial charge in [0.1, 0.15) is 5.82 Å². The highest BCUT2D eigenvalue weighted by Gasteiger charge is 2.10. The van der Waals surface area contributed by atoms with Crippen LogP contribution >= 0.6 is 0 Å². The van der Waals surface area contributed by atoms with Gasteiger partial charge in [0.05, 0.1) is 0 Å². The standard InChI is InChI=1S/C14H17N3/c1-10-4-2-5-11(8-10)9-13(15)12-6-3-7-17-14(12)16/h2-8,13H,9,15H2,1H3,(H2,16,17). The molecule has 0 aliphatic carbocycles. The summed E-state index contributed by atoms with van der Waals surface area (Å²) in [6, 6.07) is 12.0. The molecule has 0 radical (unpaired) electrons. The van der Waals surface area contributed by atoms with Crippen molar-refractivity contribution in [1.82, 2.24) is 4.98 Å². The molecule has 1 unspecified atom stereocenters. The summed E-state index contributed by atoms with van der Waals surface area (Å²) in [5.74, 6) is 0.521. The largest absolute Gasteiger partial charge is 0.383 e. The van der Waals surface area contributed by atoms with Crippen LogP contribution in [0.25, 0.3) is 0 Å². The Morgan fingerprint density at radius 1 is 1.24 bits per heavy atom. The van der Waals surface area contributed by atoms with Gasteiger partial charge in [-0.15, -0.1) is 0 Å². The molecule has 2 rings (SSSR count). The zero-order chi connectivity index (χ0) is 12.3. The van der Waals surface area contributed by atoms with Gasteiger partial charge < -0.3 is 11.5 Å². The quantitative estimate of drug-likeness (QED) is 0.845. The van der Waals surface area contributed by atoms with Gasteiger partial charge in [-0.2, -0.15) is 0 Å². The van der Waals surface area contributed by atoms with Crippen LogP contribution in [0.5, 0.6) is 0 Å². The molecule has 0 aliphatic rings. The molecule has 17 heavy (non-hydrogen) atoms. The number of benzene rings is 1. The predicted molar refractivity (Wildman–Crippen MR) is 70.5 cm³/mol. The fourth-order valence-corrected chi connectivity index (χ4v) is 1.95. The van der Waals surface area contributed by atoms with Crippen LogP contribution in [0.4, 0.5) is 5.82 Å². The van der Waals surface area contributed by atoms with Crippen molar-refractivity contribution >= 4 is 5.82 Å². The highest BCUT2D eigenvalue weighted by molar-refractivity contribution is 5.41. The number of nitrogen functional groups attached to an aromatic ring is 1. The maximum absolute atomic E-state index is 6.16. The Labute approximate surface area is 101 Å². The number of hydrogen-bond acceptors (Lipinski definition) is 3. The number of nitrogens with two attached hydrogens (primary N) is 2. The Morgan fingerprint density at radius 2 is 2.06 bits per heavy atom. The molecule has 1 aromatic heterocycles. The highest BCUT2D eigenvalue weighted by Crippen LogP contribution is 2.20. The van der Waals surface area contributed by atoms with Crippen molar-refractivity contribution in [3.8, 4) is 0 Å². The van der Waals surface area contributed by atoms with Crippen LogP contribution in [-0.4, -0.2) is 4.98 Å².